The molecule has 0 aliphatic heterocycles. The van der Waals surface area contributed by atoms with E-state index in [-0.39, 0.29) is 5.56 Å². The van der Waals surface area contributed by atoms with Crippen molar-refractivity contribution in [1.29, 1.82) is 0 Å². The number of rotatable bonds is 4. The van der Waals surface area contributed by atoms with Gasteiger partial charge in [0.2, 0.25) is 5.91 Å². The summed E-state index contributed by atoms with van der Waals surface area (Å²) in [5, 5.41) is 0.501. The van der Waals surface area contributed by atoms with Crippen LogP contribution in [0.3, 0.4) is 0 Å². The van der Waals surface area contributed by atoms with Crippen molar-refractivity contribution in [2.24, 2.45) is 5.73 Å². The van der Waals surface area contributed by atoms with Crippen molar-refractivity contribution in [3.63, 3.8) is 0 Å². The number of aryl methyl sites for hydroxylation is 2. The predicted octanol–water partition coefficient (Wildman–Crippen LogP) is 2.97. The zero-order valence-electron chi connectivity index (χ0n) is 14.3. The highest BCUT2D eigenvalue weighted by Gasteiger charge is 2.18. The van der Waals surface area contributed by atoms with E-state index in [9.17, 15) is 9.59 Å². The highest BCUT2D eigenvalue weighted by atomic mass is 32.2. The number of carbonyl (C=O) groups is 1. The molecule has 0 saturated carbocycles. The van der Waals surface area contributed by atoms with Crippen molar-refractivity contribution in [2.75, 3.05) is 0 Å². The average molecular weight is 353 g/mol. The van der Waals surface area contributed by atoms with Crippen LogP contribution in [0.15, 0.2) is 52.4 Å². The van der Waals surface area contributed by atoms with Crippen LogP contribution in [0.1, 0.15) is 18.1 Å². The molecule has 6 heteroatoms. The maximum absolute atomic E-state index is 13.1. The molecule has 1 aromatic heterocycles. The second-order valence-corrected chi connectivity index (χ2v) is 7.29. The lowest BCUT2D eigenvalue weighted by molar-refractivity contribution is -0.117. The van der Waals surface area contributed by atoms with Gasteiger partial charge in [-0.3, -0.25) is 14.2 Å². The molecule has 0 aliphatic carbocycles. The van der Waals surface area contributed by atoms with Gasteiger partial charge in [0.05, 0.1) is 21.8 Å². The molecule has 1 heterocycles. The molecule has 2 aromatic carbocycles. The first-order valence-corrected chi connectivity index (χ1v) is 8.82. The molecule has 0 spiro atoms. The van der Waals surface area contributed by atoms with E-state index in [1.54, 1.807) is 23.6 Å². The smallest absolute Gasteiger partial charge is 0.266 e. The lowest BCUT2D eigenvalue weighted by Crippen LogP contribution is -2.26. The highest BCUT2D eigenvalue weighted by Crippen LogP contribution is 2.25. The SMILES string of the molecule is Cc1ccc(-n2c(SC(C)C(N)=O)nc3ccccc3c2=O)cc1C. The molecule has 2 N–H and O–H groups in total. The van der Waals surface area contributed by atoms with Gasteiger partial charge in [-0.15, -0.1) is 0 Å². The molecule has 0 saturated heterocycles. The molecule has 128 valence electrons. The molecule has 0 radical (unpaired) electrons. The number of amides is 1. The second kappa shape index (κ2) is 6.72. The fraction of sp³-hybridized carbons (Fsp3) is 0.211. The van der Waals surface area contributed by atoms with Crippen molar-refractivity contribution >= 4 is 28.6 Å². The molecule has 5 nitrogen and oxygen atoms in total. The Kier molecular flexibility index (Phi) is 4.63. The first-order valence-electron chi connectivity index (χ1n) is 7.94. The molecule has 1 atom stereocenters. The van der Waals surface area contributed by atoms with E-state index in [4.69, 9.17) is 5.73 Å². The number of nitrogens with two attached hydrogens (primary N) is 1. The fourth-order valence-corrected chi connectivity index (χ4v) is 3.38. The number of fused-ring (bicyclic) bond motifs is 1. The maximum atomic E-state index is 13.1. The minimum atomic E-state index is -0.495. The Morgan fingerprint density at radius 2 is 1.88 bits per heavy atom. The quantitative estimate of drug-likeness (QED) is 0.578. The molecule has 1 unspecified atom stereocenters. The normalized spacial score (nSPS) is 12.3. The largest absolute Gasteiger partial charge is 0.369 e. The van der Waals surface area contributed by atoms with Crippen LogP contribution in [0, 0.1) is 13.8 Å². The lowest BCUT2D eigenvalue weighted by Gasteiger charge is -2.16. The summed E-state index contributed by atoms with van der Waals surface area (Å²) in [4.78, 5) is 29.2. The number of hydrogen-bond acceptors (Lipinski definition) is 4. The van der Waals surface area contributed by atoms with Crippen LogP contribution in [-0.4, -0.2) is 20.7 Å². The van der Waals surface area contributed by atoms with Crippen molar-refractivity contribution in [2.45, 2.75) is 31.2 Å². The Bertz CT molecular complexity index is 1030. The maximum Gasteiger partial charge on any atom is 0.266 e. The molecular formula is C19H19N3O2S. The number of benzene rings is 2. The van der Waals surface area contributed by atoms with E-state index in [0.717, 1.165) is 16.8 Å². The van der Waals surface area contributed by atoms with Crippen LogP contribution in [0.25, 0.3) is 16.6 Å². The van der Waals surface area contributed by atoms with Gasteiger partial charge < -0.3 is 5.73 Å². The molecule has 3 aromatic rings. The van der Waals surface area contributed by atoms with Gasteiger partial charge in [-0.2, -0.15) is 0 Å². The third-order valence-electron chi connectivity index (χ3n) is 4.18. The Balaban J connectivity index is 2.29. The van der Waals surface area contributed by atoms with Gasteiger partial charge in [-0.05, 0) is 56.2 Å². The van der Waals surface area contributed by atoms with Gasteiger partial charge in [0.25, 0.3) is 5.56 Å². The summed E-state index contributed by atoms with van der Waals surface area (Å²) in [6, 6.07) is 13.0. The third-order valence-corrected chi connectivity index (χ3v) is 5.25. The number of carbonyl (C=O) groups excluding carboxylic acids is 1. The molecule has 0 aliphatic rings. The summed E-state index contributed by atoms with van der Waals surface area (Å²) in [5.41, 5.74) is 8.79. The monoisotopic (exact) mass is 353 g/mol. The molecule has 0 bridgehead atoms. The van der Waals surface area contributed by atoms with E-state index < -0.39 is 11.2 Å². The summed E-state index contributed by atoms with van der Waals surface area (Å²) in [7, 11) is 0. The van der Waals surface area contributed by atoms with Gasteiger partial charge in [-0.1, -0.05) is 30.0 Å². The minimum absolute atomic E-state index is 0.159. The topological polar surface area (TPSA) is 78.0 Å². The zero-order valence-corrected chi connectivity index (χ0v) is 15.1. The summed E-state index contributed by atoms with van der Waals surface area (Å²) in [6.45, 7) is 5.72. The second-order valence-electron chi connectivity index (χ2n) is 5.98. The summed E-state index contributed by atoms with van der Waals surface area (Å²) in [6.07, 6.45) is 0. The standard InChI is InChI=1S/C19H19N3O2S/c1-11-8-9-14(10-12(11)2)22-18(24)15-6-4-5-7-16(15)21-19(22)25-13(3)17(20)23/h4-10,13H,1-3H3,(H2,20,23). The Morgan fingerprint density at radius 1 is 1.16 bits per heavy atom. The van der Waals surface area contributed by atoms with Crippen LogP contribution in [0.5, 0.6) is 0 Å². The molecular weight excluding hydrogens is 334 g/mol. The zero-order chi connectivity index (χ0) is 18.1. The van der Waals surface area contributed by atoms with Crippen molar-refractivity contribution in [3.8, 4) is 5.69 Å². The highest BCUT2D eigenvalue weighted by molar-refractivity contribution is 8.00. The summed E-state index contributed by atoms with van der Waals surface area (Å²) >= 11 is 1.19. The Morgan fingerprint density at radius 3 is 2.56 bits per heavy atom. The van der Waals surface area contributed by atoms with Crippen molar-refractivity contribution < 1.29 is 4.79 Å². The van der Waals surface area contributed by atoms with E-state index >= 15 is 0 Å². The van der Waals surface area contributed by atoms with Crippen LogP contribution in [0.2, 0.25) is 0 Å². The van der Waals surface area contributed by atoms with Crippen LogP contribution in [-0.2, 0) is 4.79 Å². The number of thioether (sulfide) groups is 1. The minimum Gasteiger partial charge on any atom is -0.369 e. The molecule has 0 fully saturated rings. The van der Waals surface area contributed by atoms with Gasteiger partial charge >= 0.3 is 0 Å². The number of nitrogens with zero attached hydrogens (tertiary/aromatic N) is 2. The van der Waals surface area contributed by atoms with Gasteiger partial charge in [-0.25, -0.2) is 4.98 Å². The Hall–Kier alpha value is -2.60. The first kappa shape index (κ1) is 17.2. The van der Waals surface area contributed by atoms with E-state index in [0.29, 0.717) is 16.1 Å². The number of hydrogen-bond donors (Lipinski definition) is 1. The van der Waals surface area contributed by atoms with Gasteiger partial charge in [0, 0.05) is 0 Å². The fourth-order valence-electron chi connectivity index (χ4n) is 2.50. The van der Waals surface area contributed by atoms with Gasteiger partial charge in [0.15, 0.2) is 5.16 Å². The number of para-hydroxylation sites is 1. The van der Waals surface area contributed by atoms with E-state index in [1.165, 1.54) is 11.8 Å². The van der Waals surface area contributed by atoms with Crippen LogP contribution in [0.4, 0.5) is 0 Å². The number of primary amides is 1. The summed E-state index contributed by atoms with van der Waals surface area (Å²) in [5.74, 6) is -0.445. The predicted molar refractivity (Wildman–Crippen MR) is 101 cm³/mol. The first-order chi connectivity index (χ1) is 11.9. The van der Waals surface area contributed by atoms with Crippen LogP contribution < -0.4 is 11.3 Å². The van der Waals surface area contributed by atoms with E-state index in [1.807, 2.05) is 44.2 Å². The number of aromatic nitrogens is 2. The lowest BCUT2D eigenvalue weighted by atomic mass is 10.1. The van der Waals surface area contributed by atoms with Crippen LogP contribution >= 0.6 is 11.8 Å². The molecule has 3 rings (SSSR count). The summed E-state index contributed by atoms with van der Waals surface area (Å²) < 4.78 is 1.55. The Labute approximate surface area is 149 Å². The third kappa shape index (κ3) is 3.30. The van der Waals surface area contributed by atoms with Crippen molar-refractivity contribution in [1.82, 2.24) is 9.55 Å². The molecule has 1 amide bonds. The van der Waals surface area contributed by atoms with Gasteiger partial charge in [0.1, 0.15) is 0 Å². The molecule has 25 heavy (non-hydrogen) atoms. The van der Waals surface area contributed by atoms with Crippen molar-refractivity contribution in [3.05, 3.63) is 63.9 Å². The van der Waals surface area contributed by atoms with E-state index in [2.05, 4.69) is 4.98 Å². The average Bonchev–Trinajstić information content (AvgIpc) is 2.58.